The van der Waals surface area contributed by atoms with Crippen molar-refractivity contribution < 1.29 is 16.8 Å². The van der Waals surface area contributed by atoms with E-state index in [4.69, 9.17) is 0 Å². The number of benzene rings is 2. The molecular formula is C21H26N2O4S2. The van der Waals surface area contributed by atoms with Crippen molar-refractivity contribution in [2.75, 3.05) is 26.2 Å². The van der Waals surface area contributed by atoms with Crippen LogP contribution < -0.4 is 0 Å². The van der Waals surface area contributed by atoms with Crippen molar-refractivity contribution in [3.8, 4) is 0 Å². The van der Waals surface area contributed by atoms with Crippen LogP contribution in [0.3, 0.4) is 0 Å². The second kappa shape index (κ2) is 8.18. The molecule has 4 rings (SSSR count). The van der Waals surface area contributed by atoms with Crippen LogP contribution in [0.5, 0.6) is 0 Å². The van der Waals surface area contributed by atoms with Crippen LogP contribution in [0.2, 0.25) is 0 Å². The van der Waals surface area contributed by atoms with E-state index in [0.29, 0.717) is 39.0 Å². The lowest BCUT2D eigenvalue weighted by molar-refractivity contribution is 0.346. The second-order valence-electron chi connectivity index (χ2n) is 7.61. The minimum Gasteiger partial charge on any atom is -0.207 e. The van der Waals surface area contributed by atoms with Crippen LogP contribution >= 0.6 is 0 Å². The Morgan fingerprint density at radius 2 is 0.966 bits per heavy atom. The molecule has 2 aromatic rings. The smallest absolute Gasteiger partial charge is 0.207 e. The van der Waals surface area contributed by atoms with E-state index in [0.717, 1.165) is 19.3 Å². The third kappa shape index (κ3) is 4.12. The molecule has 6 nitrogen and oxygen atoms in total. The van der Waals surface area contributed by atoms with Crippen LogP contribution in [0.4, 0.5) is 0 Å². The quantitative estimate of drug-likeness (QED) is 0.741. The number of fused-ring (bicyclic) bond motifs is 1. The van der Waals surface area contributed by atoms with Gasteiger partial charge in [0.25, 0.3) is 0 Å². The Morgan fingerprint density at radius 3 is 1.41 bits per heavy atom. The summed E-state index contributed by atoms with van der Waals surface area (Å²) in [7, 11) is -7.23. The van der Waals surface area contributed by atoms with Gasteiger partial charge in [-0.05, 0) is 61.1 Å². The van der Waals surface area contributed by atoms with Crippen molar-refractivity contribution >= 4 is 20.0 Å². The van der Waals surface area contributed by atoms with Gasteiger partial charge >= 0.3 is 0 Å². The fourth-order valence-electron chi connectivity index (χ4n) is 4.07. The van der Waals surface area contributed by atoms with E-state index in [1.165, 1.54) is 44.0 Å². The number of piperidine rings is 1. The Morgan fingerprint density at radius 1 is 0.552 bits per heavy atom. The summed E-state index contributed by atoms with van der Waals surface area (Å²) in [6.45, 7) is 1.90. The van der Waals surface area contributed by atoms with E-state index in [2.05, 4.69) is 0 Å². The molecule has 29 heavy (non-hydrogen) atoms. The van der Waals surface area contributed by atoms with Gasteiger partial charge in [-0.2, -0.15) is 8.61 Å². The summed E-state index contributed by atoms with van der Waals surface area (Å²) < 4.78 is 54.8. The summed E-state index contributed by atoms with van der Waals surface area (Å²) >= 11 is 0. The maximum atomic E-state index is 13.1. The predicted octanol–water partition coefficient (Wildman–Crippen LogP) is 2.65. The molecule has 156 valence electrons. The molecule has 2 aromatic carbocycles. The summed E-state index contributed by atoms with van der Waals surface area (Å²) in [4.78, 5) is 0.294. The van der Waals surface area contributed by atoms with E-state index in [9.17, 15) is 16.8 Å². The van der Waals surface area contributed by atoms with Gasteiger partial charge in [0.1, 0.15) is 0 Å². The first-order valence-electron chi connectivity index (χ1n) is 10.1. The van der Waals surface area contributed by atoms with Crippen LogP contribution in [0.15, 0.2) is 58.3 Å². The maximum absolute atomic E-state index is 13.1. The second-order valence-corrected chi connectivity index (χ2v) is 11.5. The summed E-state index contributed by atoms with van der Waals surface area (Å²) in [5.74, 6) is 0. The van der Waals surface area contributed by atoms with Crippen molar-refractivity contribution in [3.05, 3.63) is 59.7 Å². The van der Waals surface area contributed by atoms with Crippen molar-refractivity contribution in [2.24, 2.45) is 0 Å². The topological polar surface area (TPSA) is 74.8 Å². The van der Waals surface area contributed by atoms with Crippen molar-refractivity contribution in [1.29, 1.82) is 0 Å². The van der Waals surface area contributed by atoms with Gasteiger partial charge in [0.15, 0.2) is 0 Å². The highest BCUT2D eigenvalue weighted by Gasteiger charge is 2.29. The summed E-state index contributed by atoms with van der Waals surface area (Å²) in [6, 6.07) is 13.7. The first-order chi connectivity index (χ1) is 13.9. The van der Waals surface area contributed by atoms with Crippen LogP contribution in [0.1, 0.15) is 30.4 Å². The highest BCUT2D eigenvalue weighted by atomic mass is 32.2. The average molecular weight is 435 g/mol. The van der Waals surface area contributed by atoms with Gasteiger partial charge in [-0.1, -0.05) is 30.7 Å². The van der Waals surface area contributed by atoms with Gasteiger partial charge in [-0.25, -0.2) is 16.8 Å². The average Bonchev–Trinajstić information content (AvgIpc) is 2.98. The van der Waals surface area contributed by atoms with Gasteiger partial charge in [0, 0.05) is 26.2 Å². The van der Waals surface area contributed by atoms with Crippen molar-refractivity contribution in [3.63, 3.8) is 0 Å². The Kier molecular flexibility index (Phi) is 5.79. The lowest BCUT2D eigenvalue weighted by Gasteiger charge is -2.26. The minimum absolute atomic E-state index is 0.140. The van der Waals surface area contributed by atoms with Gasteiger partial charge < -0.3 is 0 Å². The van der Waals surface area contributed by atoms with Crippen LogP contribution in [-0.4, -0.2) is 51.6 Å². The Bertz CT molecular complexity index is 1050. The Labute approximate surface area is 173 Å². The van der Waals surface area contributed by atoms with E-state index in [1.807, 2.05) is 24.3 Å². The molecule has 2 aliphatic heterocycles. The third-order valence-electron chi connectivity index (χ3n) is 5.79. The van der Waals surface area contributed by atoms with Gasteiger partial charge in [-0.15, -0.1) is 0 Å². The van der Waals surface area contributed by atoms with E-state index < -0.39 is 20.0 Å². The lowest BCUT2D eigenvalue weighted by atomic mass is 10.0. The molecule has 0 bridgehead atoms. The minimum atomic E-state index is -3.67. The monoisotopic (exact) mass is 434 g/mol. The highest BCUT2D eigenvalue weighted by Crippen LogP contribution is 2.25. The molecule has 0 N–H and O–H groups in total. The molecule has 1 fully saturated rings. The first-order valence-corrected chi connectivity index (χ1v) is 12.9. The van der Waals surface area contributed by atoms with Crippen LogP contribution in [-0.2, 0) is 32.9 Å². The number of hydrogen-bond acceptors (Lipinski definition) is 4. The SMILES string of the molecule is O=S(=O)(c1ccc(S(=O)(=O)N2CCc3ccccc3CC2)cc1)N1CCCCC1. The molecule has 2 heterocycles. The number of hydrogen-bond donors (Lipinski definition) is 0. The van der Waals surface area contributed by atoms with Crippen molar-refractivity contribution in [2.45, 2.75) is 41.9 Å². The molecule has 1 saturated heterocycles. The molecule has 2 aliphatic rings. The maximum Gasteiger partial charge on any atom is 0.243 e. The fourth-order valence-corrected chi connectivity index (χ4v) is 7.03. The molecule has 0 aliphatic carbocycles. The number of sulfonamides is 2. The first kappa shape index (κ1) is 20.5. The summed E-state index contributed by atoms with van der Waals surface area (Å²) in [5, 5.41) is 0. The van der Waals surface area contributed by atoms with Crippen LogP contribution in [0, 0.1) is 0 Å². The molecule has 0 saturated carbocycles. The molecular weight excluding hydrogens is 408 g/mol. The predicted molar refractivity (Wildman–Crippen MR) is 112 cm³/mol. The lowest BCUT2D eigenvalue weighted by Crippen LogP contribution is -2.35. The van der Waals surface area contributed by atoms with E-state index >= 15 is 0 Å². The normalized spacial score (nSPS) is 19.4. The number of rotatable bonds is 4. The fraction of sp³-hybridized carbons (Fsp3) is 0.429. The van der Waals surface area contributed by atoms with Gasteiger partial charge in [0.05, 0.1) is 9.79 Å². The van der Waals surface area contributed by atoms with E-state index in [1.54, 1.807) is 0 Å². The zero-order valence-electron chi connectivity index (χ0n) is 16.3. The summed E-state index contributed by atoms with van der Waals surface area (Å²) in [6.07, 6.45) is 4.13. The van der Waals surface area contributed by atoms with Gasteiger partial charge in [-0.3, -0.25) is 0 Å². The zero-order chi connectivity index (χ0) is 20.5. The zero-order valence-corrected chi connectivity index (χ0v) is 18.0. The molecule has 0 unspecified atom stereocenters. The number of nitrogens with zero attached hydrogens (tertiary/aromatic N) is 2. The summed E-state index contributed by atoms with van der Waals surface area (Å²) in [5.41, 5.74) is 2.38. The Hall–Kier alpha value is -1.74. The van der Waals surface area contributed by atoms with E-state index in [-0.39, 0.29) is 9.79 Å². The molecule has 0 radical (unpaired) electrons. The molecule has 0 amide bonds. The molecule has 0 aromatic heterocycles. The Balaban J connectivity index is 1.54. The van der Waals surface area contributed by atoms with Crippen LogP contribution in [0.25, 0.3) is 0 Å². The molecule has 8 heteroatoms. The van der Waals surface area contributed by atoms with Gasteiger partial charge in [0.2, 0.25) is 20.0 Å². The molecule has 0 spiro atoms. The molecule has 0 atom stereocenters. The standard InChI is InChI=1S/C21H26N2O4S2/c24-28(25,22-14-4-1-5-15-22)20-8-10-21(11-9-20)29(26,27)23-16-12-18-6-2-3-7-19(18)13-17-23/h2-3,6-11H,1,4-5,12-17H2. The van der Waals surface area contributed by atoms with Crippen molar-refractivity contribution in [1.82, 2.24) is 8.61 Å². The largest absolute Gasteiger partial charge is 0.243 e. The highest BCUT2D eigenvalue weighted by molar-refractivity contribution is 7.89. The third-order valence-corrected chi connectivity index (χ3v) is 9.62.